The lowest BCUT2D eigenvalue weighted by Gasteiger charge is -1.92. The topological polar surface area (TPSA) is 38.9 Å². The van der Waals surface area contributed by atoms with Gasteiger partial charge >= 0.3 is 0 Å². The van der Waals surface area contributed by atoms with Crippen LogP contribution >= 0.6 is 11.6 Å². The number of rotatable bonds is 0. The van der Waals surface area contributed by atoms with Crippen LogP contribution in [0.15, 0.2) is 42.6 Å². The maximum absolute atomic E-state index is 5.75. The van der Waals surface area contributed by atoms with E-state index in [-0.39, 0.29) is 0 Å². The molecule has 0 amide bonds. The Labute approximate surface area is 99.1 Å². The van der Waals surface area contributed by atoms with Crippen LogP contribution in [0.3, 0.4) is 0 Å². The van der Waals surface area contributed by atoms with Crippen LogP contribution in [0.2, 0.25) is 5.15 Å². The van der Waals surface area contributed by atoms with Crippen molar-refractivity contribution in [1.82, 2.24) is 4.98 Å². The smallest absolute Gasteiger partial charge is 0.130 e. The van der Waals surface area contributed by atoms with Crippen LogP contribution < -0.4 is 5.73 Å². The second-order valence-corrected chi connectivity index (χ2v) is 3.63. The highest BCUT2D eigenvalue weighted by atomic mass is 35.5. The van der Waals surface area contributed by atoms with Crippen LogP contribution in [0.1, 0.15) is 11.1 Å². The zero-order chi connectivity index (χ0) is 11.4. The molecule has 1 aromatic heterocycles. The van der Waals surface area contributed by atoms with Crippen LogP contribution in [0, 0.1) is 11.8 Å². The van der Waals surface area contributed by atoms with Crippen molar-refractivity contribution in [3.63, 3.8) is 0 Å². The van der Waals surface area contributed by atoms with E-state index in [0.717, 1.165) is 16.8 Å². The summed E-state index contributed by atoms with van der Waals surface area (Å²) in [6.07, 6.45) is 1.63. The predicted octanol–water partition coefficient (Wildman–Crippen LogP) is 2.72. The molecule has 2 rings (SSSR count). The van der Waals surface area contributed by atoms with E-state index in [4.69, 9.17) is 17.3 Å². The van der Waals surface area contributed by atoms with Gasteiger partial charge in [-0.3, -0.25) is 0 Å². The molecule has 0 aliphatic carbocycles. The van der Waals surface area contributed by atoms with Gasteiger partial charge < -0.3 is 5.73 Å². The number of aromatic nitrogens is 1. The van der Waals surface area contributed by atoms with E-state index >= 15 is 0 Å². The Morgan fingerprint density at radius 3 is 2.38 bits per heavy atom. The molecule has 0 saturated carbocycles. The number of nitrogens with zero attached hydrogens (tertiary/aromatic N) is 1. The first-order valence-electron chi connectivity index (χ1n) is 4.73. The number of halogens is 1. The lowest BCUT2D eigenvalue weighted by Crippen LogP contribution is -1.83. The first-order chi connectivity index (χ1) is 7.74. The molecule has 0 unspecified atom stereocenters. The molecule has 0 bridgehead atoms. The number of hydrogen-bond donors (Lipinski definition) is 1. The molecule has 0 radical (unpaired) electrons. The Balaban J connectivity index is 2.25. The molecule has 16 heavy (non-hydrogen) atoms. The molecule has 1 aromatic carbocycles. The molecule has 0 aliphatic heterocycles. The lowest BCUT2D eigenvalue weighted by atomic mass is 10.2. The van der Waals surface area contributed by atoms with E-state index in [9.17, 15) is 0 Å². The molecule has 2 aromatic rings. The SMILES string of the molecule is Nc1ccc(C#Cc2ccnc(Cl)c2)cc1. The summed E-state index contributed by atoms with van der Waals surface area (Å²) in [5.74, 6) is 6.03. The Kier molecular flexibility index (Phi) is 3.09. The summed E-state index contributed by atoms with van der Waals surface area (Å²) < 4.78 is 0. The van der Waals surface area contributed by atoms with Crippen molar-refractivity contribution < 1.29 is 0 Å². The molecule has 0 spiro atoms. The van der Waals surface area contributed by atoms with Gasteiger partial charge in [-0.25, -0.2) is 4.98 Å². The normalized spacial score (nSPS) is 9.31. The van der Waals surface area contributed by atoms with Gasteiger partial charge in [0.15, 0.2) is 0 Å². The molecular weight excluding hydrogens is 220 g/mol. The van der Waals surface area contributed by atoms with E-state index in [0.29, 0.717) is 5.15 Å². The van der Waals surface area contributed by atoms with Crippen molar-refractivity contribution in [3.8, 4) is 11.8 Å². The van der Waals surface area contributed by atoms with Gasteiger partial charge in [0, 0.05) is 23.0 Å². The number of pyridine rings is 1. The summed E-state index contributed by atoms with van der Waals surface area (Å²) in [5.41, 5.74) is 8.08. The highest BCUT2D eigenvalue weighted by Crippen LogP contribution is 2.07. The monoisotopic (exact) mass is 228 g/mol. The van der Waals surface area contributed by atoms with Crippen molar-refractivity contribution in [2.45, 2.75) is 0 Å². The minimum absolute atomic E-state index is 0.448. The van der Waals surface area contributed by atoms with Crippen molar-refractivity contribution in [2.75, 3.05) is 5.73 Å². The minimum atomic E-state index is 0.448. The van der Waals surface area contributed by atoms with Gasteiger partial charge in [0.05, 0.1) is 0 Å². The number of anilines is 1. The molecule has 2 nitrogen and oxygen atoms in total. The van der Waals surface area contributed by atoms with Gasteiger partial charge in [-0.2, -0.15) is 0 Å². The van der Waals surface area contributed by atoms with Crippen molar-refractivity contribution in [1.29, 1.82) is 0 Å². The van der Waals surface area contributed by atoms with Crippen LogP contribution in [0.5, 0.6) is 0 Å². The Morgan fingerprint density at radius 2 is 1.69 bits per heavy atom. The lowest BCUT2D eigenvalue weighted by molar-refractivity contribution is 1.32. The fourth-order valence-corrected chi connectivity index (χ4v) is 1.36. The number of benzene rings is 1. The second kappa shape index (κ2) is 4.69. The van der Waals surface area contributed by atoms with Crippen molar-refractivity contribution >= 4 is 17.3 Å². The van der Waals surface area contributed by atoms with E-state index in [2.05, 4.69) is 16.8 Å². The van der Waals surface area contributed by atoms with Crippen LogP contribution in [0.25, 0.3) is 0 Å². The third-order valence-electron chi connectivity index (χ3n) is 1.99. The van der Waals surface area contributed by atoms with Gasteiger partial charge in [0.1, 0.15) is 5.15 Å². The molecule has 1 heterocycles. The summed E-state index contributed by atoms with van der Waals surface area (Å²) in [6, 6.07) is 10.9. The Bertz CT molecular complexity index is 550. The highest BCUT2D eigenvalue weighted by molar-refractivity contribution is 6.29. The molecule has 0 fully saturated rings. The molecule has 0 atom stereocenters. The van der Waals surface area contributed by atoms with Gasteiger partial charge in [-0.05, 0) is 36.4 Å². The maximum Gasteiger partial charge on any atom is 0.130 e. The predicted molar refractivity (Wildman–Crippen MR) is 66.1 cm³/mol. The zero-order valence-electron chi connectivity index (χ0n) is 8.44. The summed E-state index contributed by atoms with van der Waals surface area (Å²) in [7, 11) is 0. The Hall–Kier alpha value is -1.98. The average Bonchev–Trinajstić information content (AvgIpc) is 2.28. The largest absolute Gasteiger partial charge is 0.399 e. The van der Waals surface area contributed by atoms with Gasteiger partial charge in [-0.1, -0.05) is 23.4 Å². The standard InChI is InChI=1S/C13H9ClN2/c14-13-9-11(7-8-16-13)2-1-10-3-5-12(15)6-4-10/h3-9H,15H2. The molecule has 3 heteroatoms. The second-order valence-electron chi connectivity index (χ2n) is 3.24. The summed E-state index contributed by atoms with van der Waals surface area (Å²) in [5, 5.41) is 0.448. The van der Waals surface area contributed by atoms with Crippen LogP contribution in [-0.4, -0.2) is 4.98 Å². The maximum atomic E-state index is 5.75. The zero-order valence-corrected chi connectivity index (χ0v) is 9.20. The molecular formula is C13H9ClN2. The van der Waals surface area contributed by atoms with Gasteiger partial charge in [0.25, 0.3) is 0 Å². The number of nitrogens with two attached hydrogens (primary N) is 1. The summed E-state index contributed by atoms with van der Waals surface area (Å²) in [6.45, 7) is 0. The van der Waals surface area contributed by atoms with E-state index in [1.54, 1.807) is 12.3 Å². The number of hydrogen-bond acceptors (Lipinski definition) is 2. The van der Waals surface area contributed by atoms with Crippen molar-refractivity contribution in [2.24, 2.45) is 0 Å². The van der Waals surface area contributed by atoms with Crippen LogP contribution in [-0.2, 0) is 0 Å². The Morgan fingerprint density at radius 1 is 1.00 bits per heavy atom. The average molecular weight is 229 g/mol. The van der Waals surface area contributed by atoms with Gasteiger partial charge in [-0.15, -0.1) is 0 Å². The summed E-state index contributed by atoms with van der Waals surface area (Å²) in [4.78, 5) is 3.89. The van der Waals surface area contributed by atoms with E-state index in [1.165, 1.54) is 0 Å². The van der Waals surface area contributed by atoms with Crippen LogP contribution in [0.4, 0.5) is 5.69 Å². The molecule has 0 saturated heterocycles. The fourth-order valence-electron chi connectivity index (χ4n) is 1.19. The quantitative estimate of drug-likeness (QED) is 0.428. The minimum Gasteiger partial charge on any atom is -0.399 e. The molecule has 2 N–H and O–H groups in total. The summed E-state index contributed by atoms with van der Waals surface area (Å²) >= 11 is 5.75. The van der Waals surface area contributed by atoms with E-state index in [1.807, 2.05) is 30.3 Å². The fraction of sp³-hybridized carbons (Fsp3) is 0. The number of nitrogen functional groups attached to an aromatic ring is 1. The van der Waals surface area contributed by atoms with E-state index < -0.39 is 0 Å². The van der Waals surface area contributed by atoms with Gasteiger partial charge in [0.2, 0.25) is 0 Å². The third kappa shape index (κ3) is 2.75. The highest BCUT2D eigenvalue weighted by Gasteiger charge is 1.90. The first kappa shape index (κ1) is 10.5. The third-order valence-corrected chi connectivity index (χ3v) is 2.20. The molecule has 0 aliphatic rings. The molecule has 78 valence electrons. The van der Waals surface area contributed by atoms with Crippen molar-refractivity contribution in [3.05, 3.63) is 58.9 Å². The first-order valence-corrected chi connectivity index (χ1v) is 5.11.